The first-order chi connectivity index (χ1) is 7.76. The monoisotopic (exact) mass is 263 g/mol. The predicted octanol–water partition coefficient (Wildman–Crippen LogP) is 0.946. The Hall–Kier alpha value is -0.370. The van der Waals surface area contributed by atoms with Crippen molar-refractivity contribution >= 4 is 28.2 Å². The Morgan fingerprint density at radius 1 is 1.50 bits per heavy atom. The molecular formula is C9H17N3O2S2. The van der Waals surface area contributed by atoms with E-state index in [2.05, 4.69) is 22.4 Å². The first kappa shape index (κ1) is 13.7. The summed E-state index contributed by atoms with van der Waals surface area (Å²) in [6.07, 6.45) is 0.419. The van der Waals surface area contributed by atoms with Gasteiger partial charge in [0.15, 0.2) is 0 Å². The number of anilines is 1. The fraction of sp³-hybridized carbons (Fsp3) is 0.778. The van der Waals surface area contributed by atoms with Crippen LogP contribution in [-0.4, -0.2) is 45.4 Å². The van der Waals surface area contributed by atoms with E-state index in [4.69, 9.17) is 10.2 Å². The van der Waals surface area contributed by atoms with E-state index in [9.17, 15) is 0 Å². The normalized spacial score (nSPS) is 12.7. The van der Waals surface area contributed by atoms with Crippen LogP contribution in [0.1, 0.15) is 18.4 Å². The van der Waals surface area contributed by atoms with Gasteiger partial charge in [-0.15, -0.1) is 10.2 Å². The molecule has 0 aromatic carbocycles. The van der Waals surface area contributed by atoms with Gasteiger partial charge in [-0.3, -0.25) is 0 Å². The first-order valence-electron chi connectivity index (χ1n) is 5.19. The van der Waals surface area contributed by atoms with E-state index in [1.807, 2.05) is 0 Å². The van der Waals surface area contributed by atoms with Crippen LogP contribution < -0.4 is 5.32 Å². The zero-order chi connectivity index (χ0) is 11.8. The summed E-state index contributed by atoms with van der Waals surface area (Å²) in [5, 5.41) is 30.8. The minimum atomic E-state index is -0.643. The second kappa shape index (κ2) is 7.83. The number of aliphatic hydroxyl groups is 2. The highest BCUT2D eigenvalue weighted by atomic mass is 32.2. The van der Waals surface area contributed by atoms with Crippen LogP contribution in [0.4, 0.5) is 5.13 Å². The standard InChI is InChI=1S/C9H17N3O2S2/c1-2-3-10-9-12-11-8(16-9)6-15-5-7(14)4-13/h7,13-14H,2-6H2,1H3,(H,10,12). The van der Waals surface area contributed by atoms with E-state index >= 15 is 0 Å². The molecule has 1 unspecified atom stereocenters. The summed E-state index contributed by atoms with van der Waals surface area (Å²) in [6.45, 7) is 2.82. The van der Waals surface area contributed by atoms with Crippen molar-refractivity contribution in [1.29, 1.82) is 0 Å². The Bertz CT molecular complexity index is 296. The molecule has 0 fully saturated rings. The third kappa shape index (κ3) is 5.11. The van der Waals surface area contributed by atoms with E-state index in [0.717, 1.165) is 28.9 Å². The van der Waals surface area contributed by atoms with Gasteiger partial charge in [0.1, 0.15) is 5.01 Å². The quantitative estimate of drug-likeness (QED) is 0.648. The van der Waals surface area contributed by atoms with Gasteiger partial charge in [0.25, 0.3) is 0 Å². The summed E-state index contributed by atoms with van der Waals surface area (Å²) in [7, 11) is 0. The molecule has 0 radical (unpaired) electrons. The van der Waals surface area contributed by atoms with Crippen LogP contribution >= 0.6 is 23.1 Å². The van der Waals surface area contributed by atoms with Crippen LogP contribution in [0.2, 0.25) is 0 Å². The van der Waals surface area contributed by atoms with Gasteiger partial charge in [-0.1, -0.05) is 18.3 Å². The van der Waals surface area contributed by atoms with Crippen molar-refractivity contribution in [2.24, 2.45) is 0 Å². The van der Waals surface area contributed by atoms with Crippen molar-refractivity contribution in [1.82, 2.24) is 10.2 Å². The van der Waals surface area contributed by atoms with Crippen molar-refractivity contribution in [3.05, 3.63) is 5.01 Å². The number of nitrogens with one attached hydrogen (secondary N) is 1. The number of aromatic nitrogens is 2. The molecule has 0 bridgehead atoms. The first-order valence-corrected chi connectivity index (χ1v) is 7.16. The lowest BCUT2D eigenvalue weighted by Gasteiger charge is -2.04. The average Bonchev–Trinajstić information content (AvgIpc) is 2.74. The number of aliphatic hydroxyl groups excluding tert-OH is 2. The lowest BCUT2D eigenvalue weighted by Crippen LogP contribution is -2.14. The highest BCUT2D eigenvalue weighted by Gasteiger charge is 2.06. The maximum atomic E-state index is 9.14. The molecule has 1 rings (SSSR count). The zero-order valence-electron chi connectivity index (χ0n) is 9.22. The van der Waals surface area contributed by atoms with Crippen LogP contribution in [0.3, 0.4) is 0 Å². The Kier molecular flexibility index (Phi) is 6.70. The number of rotatable bonds is 8. The van der Waals surface area contributed by atoms with Crippen LogP contribution in [0.25, 0.3) is 0 Å². The molecule has 5 nitrogen and oxygen atoms in total. The highest BCUT2D eigenvalue weighted by molar-refractivity contribution is 7.98. The molecule has 1 aromatic rings. The Morgan fingerprint density at radius 3 is 3.00 bits per heavy atom. The van der Waals surface area contributed by atoms with Gasteiger partial charge in [-0.05, 0) is 6.42 Å². The van der Waals surface area contributed by atoms with Crippen LogP contribution in [-0.2, 0) is 5.75 Å². The molecule has 0 amide bonds. The highest BCUT2D eigenvalue weighted by Crippen LogP contribution is 2.20. The van der Waals surface area contributed by atoms with E-state index in [0.29, 0.717) is 5.75 Å². The molecule has 1 aromatic heterocycles. The Balaban J connectivity index is 2.23. The summed E-state index contributed by atoms with van der Waals surface area (Å²) in [5.41, 5.74) is 0. The van der Waals surface area contributed by atoms with E-state index in [-0.39, 0.29) is 6.61 Å². The van der Waals surface area contributed by atoms with E-state index in [1.165, 1.54) is 11.3 Å². The number of nitrogens with zero attached hydrogens (tertiary/aromatic N) is 2. The van der Waals surface area contributed by atoms with E-state index in [1.54, 1.807) is 11.8 Å². The summed E-state index contributed by atoms with van der Waals surface area (Å²) < 4.78 is 0. The molecule has 0 saturated carbocycles. The smallest absolute Gasteiger partial charge is 0.205 e. The predicted molar refractivity (Wildman–Crippen MR) is 67.9 cm³/mol. The largest absolute Gasteiger partial charge is 0.394 e. The topological polar surface area (TPSA) is 78.3 Å². The minimum absolute atomic E-state index is 0.188. The fourth-order valence-electron chi connectivity index (χ4n) is 0.950. The SMILES string of the molecule is CCCNc1nnc(CSCC(O)CO)s1. The molecule has 1 atom stereocenters. The molecule has 0 aliphatic carbocycles. The van der Waals surface area contributed by atoms with Gasteiger partial charge in [0.05, 0.1) is 12.7 Å². The maximum absolute atomic E-state index is 9.14. The molecule has 0 spiro atoms. The van der Waals surface area contributed by atoms with Gasteiger partial charge >= 0.3 is 0 Å². The molecule has 0 saturated heterocycles. The van der Waals surface area contributed by atoms with Crippen molar-refractivity contribution in [3.8, 4) is 0 Å². The lowest BCUT2D eigenvalue weighted by atomic mass is 10.4. The van der Waals surface area contributed by atoms with Crippen molar-refractivity contribution in [3.63, 3.8) is 0 Å². The summed E-state index contributed by atoms with van der Waals surface area (Å²) >= 11 is 3.08. The Morgan fingerprint density at radius 2 is 2.31 bits per heavy atom. The van der Waals surface area contributed by atoms with Gasteiger partial charge in [-0.2, -0.15) is 11.8 Å². The van der Waals surface area contributed by atoms with Crippen molar-refractivity contribution in [2.75, 3.05) is 24.2 Å². The summed E-state index contributed by atoms with van der Waals surface area (Å²) in [4.78, 5) is 0. The average molecular weight is 263 g/mol. The Labute approximate surface area is 103 Å². The van der Waals surface area contributed by atoms with Gasteiger partial charge in [0.2, 0.25) is 5.13 Å². The molecule has 3 N–H and O–H groups in total. The van der Waals surface area contributed by atoms with Gasteiger partial charge < -0.3 is 15.5 Å². The van der Waals surface area contributed by atoms with Crippen LogP contribution in [0.15, 0.2) is 0 Å². The molecule has 7 heteroatoms. The molecule has 1 heterocycles. The molecule has 92 valence electrons. The number of thioether (sulfide) groups is 1. The third-order valence-corrected chi connectivity index (χ3v) is 3.90. The van der Waals surface area contributed by atoms with Crippen LogP contribution in [0, 0.1) is 0 Å². The molecule has 16 heavy (non-hydrogen) atoms. The van der Waals surface area contributed by atoms with E-state index < -0.39 is 6.10 Å². The second-order valence-corrected chi connectivity index (χ2v) is 5.37. The van der Waals surface area contributed by atoms with Gasteiger partial charge in [-0.25, -0.2) is 0 Å². The minimum Gasteiger partial charge on any atom is -0.394 e. The molecular weight excluding hydrogens is 246 g/mol. The molecule has 0 aliphatic heterocycles. The second-order valence-electron chi connectivity index (χ2n) is 3.28. The summed E-state index contributed by atoms with van der Waals surface area (Å²) in [5.74, 6) is 1.25. The number of hydrogen-bond acceptors (Lipinski definition) is 7. The zero-order valence-corrected chi connectivity index (χ0v) is 10.9. The molecule has 0 aliphatic rings. The van der Waals surface area contributed by atoms with Crippen molar-refractivity contribution < 1.29 is 10.2 Å². The lowest BCUT2D eigenvalue weighted by molar-refractivity contribution is 0.113. The van der Waals surface area contributed by atoms with Crippen molar-refractivity contribution in [2.45, 2.75) is 25.2 Å². The maximum Gasteiger partial charge on any atom is 0.205 e. The van der Waals surface area contributed by atoms with Crippen LogP contribution in [0.5, 0.6) is 0 Å². The fourth-order valence-corrected chi connectivity index (χ4v) is 2.72. The number of hydrogen-bond donors (Lipinski definition) is 3. The summed E-state index contributed by atoms with van der Waals surface area (Å²) in [6, 6.07) is 0. The third-order valence-electron chi connectivity index (χ3n) is 1.74. The van der Waals surface area contributed by atoms with Gasteiger partial charge in [0, 0.05) is 18.1 Å².